The summed E-state index contributed by atoms with van der Waals surface area (Å²) in [6.07, 6.45) is 7.20. The first-order chi connectivity index (χ1) is 14.3. The van der Waals surface area contributed by atoms with Gasteiger partial charge >= 0.3 is 13.5 Å². The Kier molecular flexibility index (Phi) is 5.71. The number of phosphoric ester groups is 1. The molecule has 30 heavy (non-hydrogen) atoms. The third-order valence-electron chi connectivity index (χ3n) is 5.01. The van der Waals surface area contributed by atoms with Gasteiger partial charge in [-0.3, -0.25) is 18.6 Å². The lowest BCUT2D eigenvalue weighted by Gasteiger charge is -2.27. The summed E-state index contributed by atoms with van der Waals surface area (Å²) < 4.78 is 36.9. The van der Waals surface area contributed by atoms with Crippen LogP contribution in [0.15, 0.2) is 23.1 Å². The second kappa shape index (κ2) is 8.14. The van der Waals surface area contributed by atoms with Crippen molar-refractivity contribution in [2.24, 2.45) is 0 Å². The molecule has 10 heteroatoms. The summed E-state index contributed by atoms with van der Waals surface area (Å²) in [5, 5.41) is 0. The van der Waals surface area contributed by atoms with Crippen LogP contribution in [0.5, 0.6) is 5.75 Å². The number of rotatable bonds is 4. The summed E-state index contributed by atoms with van der Waals surface area (Å²) in [6, 6.07) is 3.89. The molecule has 0 saturated carbocycles. The van der Waals surface area contributed by atoms with Gasteiger partial charge in [-0.2, -0.15) is 0 Å². The minimum atomic E-state index is -3.76. The van der Waals surface area contributed by atoms with Gasteiger partial charge in [0.15, 0.2) is 0 Å². The van der Waals surface area contributed by atoms with E-state index in [2.05, 4.69) is 10.9 Å². The second-order valence-electron chi connectivity index (χ2n) is 7.32. The van der Waals surface area contributed by atoms with Crippen LogP contribution in [-0.4, -0.2) is 22.3 Å². The van der Waals surface area contributed by atoms with Crippen LogP contribution in [0.2, 0.25) is 0 Å². The summed E-state index contributed by atoms with van der Waals surface area (Å²) in [6.45, 7) is 4.02. The summed E-state index contributed by atoms with van der Waals surface area (Å²) in [5.41, 5.74) is 2.79. The fourth-order valence-corrected chi connectivity index (χ4v) is 5.13. The smallest absolute Gasteiger partial charge is 0.403 e. The number of aromatic nitrogens is 2. The number of ether oxygens (including phenoxy) is 1. The number of nitrogens with one attached hydrogen (secondary N) is 1. The van der Waals surface area contributed by atoms with Gasteiger partial charge in [0, 0.05) is 11.8 Å². The van der Waals surface area contributed by atoms with Crippen LogP contribution < -0.4 is 10.2 Å². The molecule has 1 saturated heterocycles. The molecular formula is C20H21N2O6PS. The molecular weight excluding hydrogens is 427 g/mol. The van der Waals surface area contributed by atoms with Crippen molar-refractivity contribution < 1.29 is 22.9 Å². The predicted octanol–water partition coefficient (Wildman–Crippen LogP) is 3.92. The van der Waals surface area contributed by atoms with Crippen molar-refractivity contribution in [3.63, 3.8) is 0 Å². The molecule has 158 valence electrons. The predicted molar refractivity (Wildman–Crippen MR) is 112 cm³/mol. The number of hydrogen-bond donors (Lipinski definition) is 1. The maximum atomic E-state index is 12.9. The Morgan fingerprint density at radius 1 is 1.40 bits per heavy atom. The van der Waals surface area contributed by atoms with E-state index in [9.17, 15) is 9.36 Å². The van der Waals surface area contributed by atoms with Gasteiger partial charge in [-0.15, -0.1) is 6.42 Å². The van der Waals surface area contributed by atoms with Crippen molar-refractivity contribution in [2.75, 3.05) is 6.61 Å². The second-order valence-corrected chi connectivity index (χ2v) is 9.32. The van der Waals surface area contributed by atoms with Gasteiger partial charge < -0.3 is 9.26 Å². The number of aromatic amines is 1. The Bertz CT molecular complexity index is 1200. The van der Waals surface area contributed by atoms with E-state index in [-0.39, 0.29) is 24.0 Å². The number of terminal acetylenes is 1. The topological polar surface area (TPSA) is 91.8 Å². The first-order valence-electron chi connectivity index (χ1n) is 9.44. The molecule has 8 nitrogen and oxygen atoms in total. The molecule has 1 N–H and O–H groups in total. The Morgan fingerprint density at radius 2 is 2.20 bits per heavy atom. The first-order valence-corrected chi connectivity index (χ1v) is 11.3. The average molecular weight is 448 g/mol. The quantitative estimate of drug-likeness (QED) is 0.431. The van der Waals surface area contributed by atoms with Crippen LogP contribution in [0.1, 0.15) is 41.3 Å². The lowest BCUT2D eigenvalue weighted by Crippen LogP contribution is -2.28. The molecule has 0 radical (unpaired) electrons. The van der Waals surface area contributed by atoms with Crippen molar-refractivity contribution in [1.82, 2.24) is 9.55 Å². The molecule has 0 aliphatic carbocycles. The number of aryl methyl sites for hydroxylation is 2. The van der Waals surface area contributed by atoms with E-state index in [0.29, 0.717) is 24.2 Å². The molecule has 2 aliphatic heterocycles. The number of phosphoric acid groups is 1. The molecule has 0 amide bonds. The number of nitrogens with zero attached hydrogens (tertiary/aromatic N) is 1. The number of H-pyrrole nitrogens is 1. The Hall–Kier alpha value is -2.21. The zero-order valence-corrected chi connectivity index (χ0v) is 18.3. The Morgan fingerprint density at radius 3 is 2.97 bits per heavy atom. The van der Waals surface area contributed by atoms with Crippen LogP contribution in [0, 0.1) is 30.8 Å². The highest BCUT2D eigenvalue weighted by Crippen LogP contribution is 2.55. The van der Waals surface area contributed by atoms with Gasteiger partial charge in [0.2, 0.25) is 0 Å². The lowest BCUT2D eigenvalue weighted by atomic mass is 10.1. The molecule has 0 bridgehead atoms. The van der Waals surface area contributed by atoms with E-state index < -0.39 is 19.7 Å². The maximum Gasteiger partial charge on any atom is 0.530 e. The third-order valence-corrected chi connectivity index (χ3v) is 6.65. The molecule has 3 atom stereocenters. The van der Waals surface area contributed by atoms with Gasteiger partial charge in [-0.05, 0) is 32.3 Å². The van der Waals surface area contributed by atoms with Gasteiger partial charge in [0.05, 0.1) is 24.9 Å². The maximum absolute atomic E-state index is 12.9. The van der Waals surface area contributed by atoms with Crippen molar-refractivity contribution in [1.29, 1.82) is 0 Å². The van der Waals surface area contributed by atoms with Gasteiger partial charge in [-0.25, -0.2) is 9.36 Å². The van der Waals surface area contributed by atoms with Crippen LogP contribution in [-0.2, 0) is 25.0 Å². The van der Waals surface area contributed by atoms with Crippen LogP contribution in [0.4, 0.5) is 0 Å². The number of hydrogen-bond acceptors (Lipinski definition) is 7. The summed E-state index contributed by atoms with van der Waals surface area (Å²) in [7, 11) is -3.76. The third kappa shape index (κ3) is 4.15. The molecule has 1 fully saturated rings. The SMILES string of the molecule is C#Cc1cn(C2CCC(COP3(=O)OCc4cc(C)cc(C)c4O3)O2)c(=O)[nH]c1=S. The minimum absolute atomic E-state index is 0.00754. The molecule has 3 unspecified atom stereocenters. The largest absolute Gasteiger partial charge is 0.530 e. The highest BCUT2D eigenvalue weighted by Gasteiger charge is 2.37. The van der Waals surface area contributed by atoms with Crippen LogP contribution >= 0.6 is 20.0 Å². The molecule has 0 spiro atoms. The Labute approximate surface area is 178 Å². The standard InChI is InChI=1S/C20H21N2O6PS/c1-4-14-9-22(20(23)21-19(14)30)17-6-5-16(27-17)11-26-29(24)25-10-15-8-12(2)7-13(3)18(15)28-29/h1,7-9,16-17H,5-6,10-11H2,2-3H3,(H,21,23,30). The molecule has 2 aliphatic rings. The average Bonchev–Trinajstić information content (AvgIpc) is 3.16. The zero-order chi connectivity index (χ0) is 21.5. The normalized spacial score (nSPS) is 25.4. The fourth-order valence-electron chi connectivity index (χ4n) is 3.62. The van der Waals surface area contributed by atoms with E-state index in [1.54, 1.807) is 0 Å². The molecule has 1 aromatic carbocycles. The van der Waals surface area contributed by atoms with Crippen molar-refractivity contribution in [2.45, 2.75) is 45.6 Å². The van der Waals surface area contributed by atoms with Gasteiger partial charge in [0.1, 0.15) is 16.6 Å². The lowest BCUT2D eigenvalue weighted by molar-refractivity contribution is -0.0264. The molecule has 1 aromatic heterocycles. The van der Waals surface area contributed by atoms with E-state index >= 15 is 0 Å². The molecule has 2 aromatic rings. The molecule has 4 rings (SSSR count). The number of benzene rings is 1. The monoisotopic (exact) mass is 448 g/mol. The number of fused-ring (bicyclic) bond motifs is 1. The van der Waals surface area contributed by atoms with E-state index in [0.717, 1.165) is 16.7 Å². The van der Waals surface area contributed by atoms with Crippen molar-refractivity contribution >= 4 is 20.0 Å². The summed E-state index contributed by atoms with van der Waals surface area (Å²) in [5.74, 6) is 2.98. The first kappa shape index (κ1) is 21.0. The Balaban J connectivity index is 1.41. The van der Waals surface area contributed by atoms with Gasteiger partial charge in [0.25, 0.3) is 0 Å². The van der Waals surface area contributed by atoms with Crippen LogP contribution in [0.3, 0.4) is 0 Å². The van der Waals surface area contributed by atoms with E-state index in [4.69, 9.17) is 36.9 Å². The highest BCUT2D eigenvalue weighted by atomic mass is 32.1. The van der Waals surface area contributed by atoms with E-state index in [1.807, 2.05) is 26.0 Å². The fraction of sp³-hybridized carbons (Fsp3) is 0.400. The molecule has 3 heterocycles. The van der Waals surface area contributed by atoms with Crippen molar-refractivity contribution in [3.8, 4) is 18.1 Å². The van der Waals surface area contributed by atoms with Gasteiger partial charge in [-0.1, -0.05) is 35.8 Å². The zero-order valence-electron chi connectivity index (χ0n) is 16.5. The van der Waals surface area contributed by atoms with Crippen LogP contribution in [0.25, 0.3) is 0 Å². The van der Waals surface area contributed by atoms with E-state index in [1.165, 1.54) is 10.8 Å². The summed E-state index contributed by atoms with van der Waals surface area (Å²) in [4.78, 5) is 14.7. The highest BCUT2D eigenvalue weighted by molar-refractivity contribution is 7.71. The summed E-state index contributed by atoms with van der Waals surface area (Å²) >= 11 is 5.04. The van der Waals surface area contributed by atoms with Crippen molar-refractivity contribution in [3.05, 3.63) is 55.7 Å². The minimum Gasteiger partial charge on any atom is -0.403 e.